The molecule has 0 saturated heterocycles. The SMILES string of the molecule is CC(CO)(CCSc1ccccc1)CNC(=O)OC(C)(C)C. The van der Waals surface area contributed by atoms with E-state index in [9.17, 15) is 9.90 Å². The van der Waals surface area contributed by atoms with Crippen molar-refractivity contribution >= 4 is 17.9 Å². The largest absolute Gasteiger partial charge is 0.444 e. The Morgan fingerprint density at radius 3 is 2.41 bits per heavy atom. The average Bonchev–Trinajstić information content (AvgIpc) is 2.45. The Kier molecular flexibility index (Phi) is 7.23. The van der Waals surface area contributed by atoms with Gasteiger partial charge in [0.25, 0.3) is 0 Å². The summed E-state index contributed by atoms with van der Waals surface area (Å²) < 4.78 is 5.21. The molecule has 1 unspecified atom stereocenters. The number of rotatable bonds is 7. The van der Waals surface area contributed by atoms with Crippen molar-refractivity contribution in [1.29, 1.82) is 0 Å². The van der Waals surface area contributed by atoms with Crippen molar-refractivity contribution in [2.45, 2.75) is 44.6 Å². The van der Waals surface area contributed by atoms with E-state index in [1.165, 1.54) is 4.90 Å². The van der Waals surface area contributed by atoms with Crippen LogP contribution in [0.2, 0.25) is 0 Å². The van der Waals surface area contributed by atoms with E-state index < -0.39 is 11.7 Å². The number of carbonyl (C=O) groups is 1. The number of carbonyl (C=O) groups excluding carboxylic acids is 1. The van der Waals surface area contributed by atoms with E-state index in [1.54, 1.807) is 11.8 Å². The second-order valence-electron chi connectivity index (χ2n) is 6.74. The van der Waals surface area contributed by atoms with Crippen LogP contribution in [0.3, 0.4) is 0 Å². The van der Waals surface area contributed by atoms with Crippen molar-refractivity contribution in [3.8, 4) is 0 Å². The lowest BCUT2D eigenvalue weighted by molar-refractivity contribution is 0.0476. The van der Waals surface area contributed by atoms with Gasteiger partial charge in [0.1, 0.15) is 5.60 Å². The van der Waals surface area contributed by atoms with E-state index in [1.807, 2.05) is 45.9 Å². The van der Waals surface area contributed by atoms with Crippen LogP contribution in [0.5, 0.6) is 0 Å². The monoisotopic (exact) mass is 325 g/mol. The van der Waals surface area contributed by atoms with Gasteiger partial charge in [0.05, 0.1) is 6.61 Å². The maximum Gasteiger partial charge on any atom is 0.407 e. The summed E-state index contributed by atoms with van der Waals surface area (Å²) in [6, 6.07) is 10.2. The minimum absolute atomic E-state index is 0.0259. The number of hydrogen-bond donors (Lipinski definition) is 2. The van der Waals surface area contributed by atoms with Crippen molar-refractivity contribution in [3.63, 3.8) is 0 Å². The van der Waals surface area contributed by atoms with E-state index in [0.29, 0.717) is 6.54 Å². The van der Waals surface area contributed by atoms with Crippen molar-refractivity contribution in [2.24, 2.45) is 5.41 Å². The number of amides is 1. The van der Waals surface area contributed by atoms with Crippen molar-refractivity contribution < 1.29 is 14.6 Å². The molecule has 5 heteroatoms. The van der Waals surface area contributed by atoms with Crippen LogP contribution in [0.4, 0.5) is 4.79 Å². The summed E-state index contributed by atoms with van der Waals surface area (Å²) in [7, 11) is 0. The third-order valence-electron chi connectivity index (χ3n) is 3.16. The van der Waals surface area contributed by atoms with Gasteiger partial charge < -0.3 is 15.2 Å². The molecule has 2 N–H and O–H groups in total. The summed E-state index contributed by atoms with van der Waals surface area (Å²) in [6.07, 6.45) is 0.363. The van der Waals surface area contributed by atoms with Crippen LogP contribution in [-0.2, 0) is 4.74 Å². The van der Waals surface area contributed by atoms with Gasteiger partial charge >= 0.3 is 6.09 Å². The second-order valence-corrected chi connectivity index (χ2v) is 7.90. The first-order valence-electron chi connectivity index (χ1n) is 7.50. The lowest BCUT2D eigenvalue weighted by atomic mass is 9.88. The van der Waals surface area contributed by atoms with Crippen molar-refractivity contribution in [2.75, 3.05) is 18.9 Å². The fourth-order valence-electron chi connectivity index (χ4n) is 1.76. The van der Waals surface area contributed by atoms with Gasteiger partial charge in [-0.1, -0.05) is 25.1 Å². The molecule has 22 heavy (non-hydrogen) atoms. The second kappa shape index (κ2) is 8.44. The van der Waals surface area contributed by atoms with Gasteiger partial charge in [0.15, 0.2) is 0 Å². The third-order valence-corrected chi connectivity index (χ3v) is 4.17. The number of ether oxygens (including phenoxy) is 1. The molecule has 1 aromatic rings. The summed E-state index contributed by atoms with van der Waals surface area (Å²) in [5.41, 5.74) is -0.860. The normalized spacial score (nSPS) is 14.2. The van der Waals surface area contributed by atoms with Gasteiger partial charge in [-0.2, -0.15) is 0 Å². The first kappa shape index (κ1) is 18.8. The molecule has 0 heterocycles. The number of aliphatic hydroxyl groups excluding tert-OH is 1. The van der Waals surface area contributed by atoms with Crippen LogP contribution in [0.15, 0.2) is 35.2 Å². The highest BCUT2D eigenvalue weighted by Gasteiger charge is 2.25. The summed E-state index contributed by atoms with van der Waals surface area (Å²) in [5.74, 6) is 0.886. The quantitative estimate of drug-likeness (QED) is 0.751. The van der Waals surface area contributed by atoms with Crippen LogP contribution in [-0.4, -0.2) is 35.7 Å². The van der Waals surface area contributed by atoms with E-state index in [2.05, 4.69) is 17.4 Å². The molecular weight excluding hydrogens is 298 g/mol. The third kappa shape index (κ3) is 7.71. The number of benzene rings is 1. The van der Waals surface area contributed by atoms with Crippen LogP contribution in [0.1, 0.15) is 34.1 Å². The highest BCUT2D eigenvalue weighted by molar-refractivity contribution is 7.99. The van der Waals surface area contributed by atoms with Crippen LogP contribution in [0, 0.1) is 5.41 Å². The molecule has 1 atom stereocenters. The zero-order chi connectivity index (χ0) is 16.6. The van der Waals surface area contributed by atoms with E-state index >= 15 is 0 Å². The van der Waals surface area contributed by atoms with Crippen LogP contribution < -0.4 is 5.32 Å². The van der Waals surface area contributed by atoms with Gasteiger partial charge in [-0.05, 0) is 45.1 Å². The molecule has 4 nitrogen and oxygen atoms in total. The lowest BCUT2D eigenvalue weighted by Gasteiger charge is -2.28. The van der Waals surface area contributed by atoms with E-state index in [-0.39, 0.29) is 12.0 Å². The molecule has 0 radical (unpaired) electrons. The molecule has 1 aromatic carbocycles. The molecule has 0 fully saturated rings. The first-order chi connectivity index (χ1) is 10.2. The molecule has 0 aliphatic rings. The van der Waals surface area contributed by atoms with Gasteiger partial charge in [0, 0.05) is 16.9 Å². The number of alkyl carbamates (subject to hydrolysis) is 1. The molecule has 0 aliphatic heterocycles. The number of hydrogen-bond acceptors (Lipinski definition) is 4. The minimum Gasteiger partial charge on any atom is -0.444 e. The molecule has 124 valence electrons. The smallest absolute Gasteiger partial charge is 0.407 e. The standard InChI is InChI=1S/C17H27NO3S/c1-16(2,3)21-15(20)18-12-17(4,13-19)10-11-22-14-8-6-5-7-9-14/h5-9,19H,10-13H2,1-4H3,(H,18,20). The Morgan fingerprint density at radius 1 is 1.23 bits per heavy atom. The number of thioether (sulfide) groups is 1. The van der Waals surface area contributed by atoms with Gasteiger partial charge in [0.2, 0.25) is 0 Å². The summed E-state index contributed by atoms with van der Waals surface area (Å²) in [5, 5.41) is 12.4. The lowest BCUT2D eigenvalue weighted by Crippen LogP contribution is -2.41. The van der Waals surface area contributed by atoms with Gasteiger partial charge in [-0.15, -0.1) is 11.8 Å². The molecule has 1 rings (SSSR count). The highest BCUT2D eigenvalue weighted by atomic mass is 32.2. The van der Waals surface area contributed by atoms with Gasteiger partial charge in [-0.25, -0.2) is 4.79 Å². The predicted molar refractivity (Wildman–Crippen MR) is 91.2 cm³/mol. The highest BCUT2D eigenvalue weighted by Crippen LogP contribution is 2.26. The number of aliphatic hydroxyl groups is 1. The van der Waals surface area contributed by atoms with Gasteiger partial charge in [-0.3, -0.25) is 0 Å². The fraction of sp³-hybridized carbons (Fsp3) is 0.588. The molecule has 0 spiro atoms. The molecule has 0 aliphatic carbocycles. The average molecular weight is 325 g/mol. The van der Waals surface area contributed by atoms with Crippen LogP contribution in [0.25, 0.3) is 0 Å². The fourth-order valence-corrected chi connectivity index (χ4v) is 2.94. The Bertz CT molecular complexity index is 459. The minimum atomic E-state index is -0.511. The maximum atomic E-state index is 11.7. The molecule has 0 aromatic heterocycles. The first-order valence-corrected chi connectivity index (χ1v) is 8.48. The van der Waals surface area contributed by atoms with E-state index in [4.69, 9.17) is 4.74 Å². The van der Waals surface area contributed by atoms with Crippen molar-refractivity contribution in [1.82, 2.24) is 5.32 Å². The summed E-state index contributed by atoms with van der Waals surface area (Å²) in [4.78, 5) is 12.9. The zero-order valence-corrected chi connectivity index (χ0v) is 14.7. The predicted octanol–water partition coefficient (Wildman–Crippen LogP) is 3.69. The van der Waals surface area contributed by atoms with E-state index in [0.717, 1.165) is 12.2 Å². The Hall–Kier alpha value is -1.20. The number of nitrogens with one attached hydrogen (secondary N) is 1. The van der Waals surface area contributed by atoms with Crippen molar-refractivity contribution in [3.05, 3.63) is 30.3 Å². The molecule has 0 saturated carbocycles. The summed E-state index contributed by atoms with van der Waals surface area (Å²) in [6.45, 7) is 7.87. The maximum absolute atomic E-state index is 11.7. The molecular formula is C17H27NO3S. The molecule has 0 bridgehead atoms. The zero-order valence-electron chi connectivity index (χ0n) is 13.9. The summed E-state index contributed by atoms with van der Waals surface area (Å²) >= 11 is 1.75. The Morgan fingerprint density at radius 2 is 1.86 bits per heavy atom. The van der Waals surface area contributed by atoms with Crippen LogP contribution >= 0.6 is 11.8 Å². The molecule has 1 amide bonds. The Balaban J connectivity index is 2.38. The topological polar surface area (TPSA) is 58.6 Å². The Labute approximate surface area is 137 Å².